The number of para-hydroxylation sites is 1. The van der Waals surface area contributed by atoms with Gasteiger partial charge >= 0.3 is 0 Å². The summed E-state index contributed by atoms with van der Waals surface area (Å²) in [5.74, 6) is -2.59. The van der Waals surface area contributed by atoms with E-state index in [1.807, 2.05) is 30.3 Å². The highest BCUT2D eigenvalue weighted by molar-refractivity contribution is 7.94. The monoisotopic (exact) mass is 1380 g/mol. The van der Waals surface area contributed by atoms with Crippen LogP contribution in [0.15, 0.2) is 230 Å². The quantitative estimate of drug-likeness (QED) is 0.00842. The zero-order valence-corrected chi connectivity index (χ0v) is 51.3. The molecule has 486 valence electrons. The summed E-state index contributed by atoms with van der Waals surface area (Å²) >= 11 is 0.528. The van der Waals surface area contributed by atoms with Crippen LogP contribution in [-0.2, 0) is 39.7 Å². The fourth-order valence-corrected chi connectivity index (χ4v) is 11.8. The molecule has 12 N–H and O–H groups in total. The Morgan fingerprint density at radius 1 is 0.500 bits per heavy atom. The van der Waals surface area contributed by atoms with Gasteiger partial charge in [0, 0.05) is 49.3 Å². The summed E-state index contributed by atoms with van der Waals surface area (Å²) in [4.78, 5) is 17.5. The lowest BCUT2D eigenvalue weighted by molar-refractivity contribution is -0.432. The van der Waals surface area contributed by atoms with Gasteiger partial charge in [-0.05, 0) is 95.7 Å². The van der Waals surface area contributed by atoms with Crippen molar-refractivity contribution in [3.8, 4) is 28.7 Å². The number of amides is 1. The molecule has 0 aliphatic carbocycles. The van der Waals surface area contributed by atoms with Crippen LogP contribution in [0.5, 0.6) is 28.7 Å². The van der Waals surface area contributed by atoms with E-state index in [0.717, 1.165) is 18.2 Å². The molecule has 38 heteroatoms. The Morgan fingerprint density at radius 2 is 1.00 bits per heavy atom. The molecule has 96 heavy (non-hydrogen) atoms. The molecule has 0 aliphatic rings. The third kappa shape index (κ3) is 15.0. The first-order valence-electron chi connectivity index (χ1n) is 27.0. The Kier molecular flexibility index (Phi) is 19.0. The van der Waals surface area contributed by atoms with Gasteiger partial charge in [0.15, 0.2) is 29.7 Å². The second-order valence-corrected chi connectivity index (χ2v) is 24.5. The summed E-state index contributed by atoms with van der Waals surface area (Å²) in [7, 11) is -14.3. The Bertz CT molecular complexity index is 5350. The number of aromatic amines is 2. The minimum atomic E-state index is -4.96. The number of nitrogens with zero attached hydrogens (tertiary/aromatic N) is 12. The highest BCUT2D eigenvalue weighted by atomic mass is 32.2. The molecule has 0 unspecified atom stereocenters. The topological polar surface area (TPSA) is 515 Å². The fourth-order valence-electron chi connectivity index (χ4n) is 9.18. The van der Waals surface area contributed by atoms with Crippen molar-refractivity contribution in [2.24, 2.45) is 40.9 Å². The highest BCUT2D eigenvalue weighted by Crippen LogP contribution is 2.46. The number of fused-ring (bicyclic) bond motifs is 4. The van der Waals surface area contributed by atoms with Gasteiger partial charge in [0.05, 0.1) is 16.9 Å². The second-order valence-electron chi connectivity index (χ2n) is 19.6. The van der Waals surface area contributed by atoms with E-state index in [1.165, 1.54) is 54.6 Å². The standard InChI is InChI=1S/C36H27N9O10S2.C22H15N7O8S2/c46-32-26-13-11-23(37-19-53-25-9-5-2-6-10-25)15-21(26)17-28(56-55-54-49)30(32)40-42-35-39-36(45-44-35)43-41-31-29(57(50,51)52)18-22-16-24(12-14-27(22)33(31)47)38-34(48)20-7-3-1-4-8-20;30-19-13-7-3-1-5-11(13)17(38(32,33)34)9-15(19)24-26-21-23-22(29-28-21)27-25-16-10-18(39(35,36)37)12-6-2-4-8-14(12)20(16)31/h1-18,37,46-47,49H,19H2,(H,38,48)(H,39,44,45)(H,50,51,52);1-10,30-31H,(H,23,28,29)(H,32,33,34)(H,35,36,37). The first kappa shape index (κ1) is 65.6. The zero-order chi connectivity index (χ0) is 67.9. The van der Waals surface area contributed by atoms with Crippen LogP contribution >= 0.6 is 12.0 Å². The number of phenolic OH excluding ortho intramolecular Hbond substituents is 4. The molecule has 0 bridgehead atoms. The minimum Gasteiger partial charge on any atom is -0.505 e. The molecule has 1 amide bonds. The maximum absolute atomic E-state index is 12.6. The first-order chi connectivity index (χ1) is 46.0. The molecular weight excluding hydrogens is 1340 g/mol. The normalized spacial score (nSPS) is 12.2. The summed E-state index contributed by atoms with van der Waals surface area (Å²) in [5, 5.41) is 108. The molecule has 2 heterocycles. The lowest BCUT2D eigenvalue weighted by atomic mass is 10.1. The molecule has 0 saturated carbocycles. The van der Waals surface area contributed by atoms with Gasteiger partial charge in [0.25, 0.3) is 60.1 Å². The van der Waals surface area contributed by atoms with Gasteiger partial charge in [0.2, 0.25) is 0 Å². The van der Waals surface area contributed by atoms with E-state index in [0.29, 0.717) is 45.5 Å². The summed E-state index contributed by atoms with van der Waals surface area (Å²) in [6.45, 7) is 0.166. The number of hydrogen-bond acceptors (Lipinski definition) is 29. The van der Waals surface area contributed by atoms with Crippen molar-refractivity contribution in [3.63, 3.8) is 0 Å². The van der Waals surface area contributed by atoms with Gasteiger partial charge in [-0.15, -0.1) is 60.5 Å². The third-order valence-corrected chi connectivity index (χ3v) is 16.7. The molecule has 0 saturated heterocycles. The number of carbonyl (C=O) groups is 1. The van der Waals surface area contributed by atoms with E-state index in [-0.39, 0.29) is 90.5 Å². The Morgan fingerprint density at radius 3 is 1.58 bits per heavy atom. The summed E-state index contributed by atoms with van der Waals surface area (Å²) < 4.78 is 112. The zero-order valence-electron chi connectivity index (χ0n) is 48.0. The average Bonchev–Trinajstić information content (AvgIpc) is 0.886. The van der Waals surface area contributed by atoms with Crippen molar-refractivity contribution >= 4 is 149 Å². The van der Waals surface area contributed by atoms with Gasteiger partial charge < -0.3 is 35.8 Å². The summed E-state index contributed by atoms with van der Waals surface area (Å²) in [5.41, 5.74) is 0.0523. The molecule has 34 nitrogen and oxygen atoms in total. The van der Waals surface area contributed by atoms with Crippen molar-refractivity contribution in [1.82, 2.24) is 30.4 Å². The predicted molar refractivity (Wildman–Crippen MR) is 342 cm³/mol. The Hall–Kier alpha value is -11.9. The molecular formula is C58H42N16O18S4. The van der Waals surface area contributed by atoms with Crippen molar-refractivity contribution in [1.29, 1.82) is 0 Å². The van der Waals surface area contributed by atoms with Gasteiger partial charge in [-0.25, -0.2) is 10.4 Å². The van der Waals surface area contributed by atoms with Gasteiger partial charge in [0.1, 0.15) is 43.2 Å². The molecule has 10 aromatic carbocycles. The maximum Gasteiger partial charge on any atom is 0.296 e. The van der Waals surface area contributed by atoms with Crippen molar-refractivity contribution in [2.45, 2.75) is 19.6 Å². The molecule has 0 fully saturated rings. The van der Waals surface area contributed by atoms with E-state index in [2.05, 4.69) is 91.3 Å². The van der Waals surface area contributed by atoms with Crippen LogP contribution in [-0.4, -0.2) is 108 Å². The molecule has 0 atom stereocenters. The fraction of sp³-hybridized carbons (Fsp3) is 0.0172. The first-order valence-corrected chi connectivity index (χ1v) is 32.0. The average molecular weight is 1380 g/mol. The van der Waals surface area contributed by atoms with Crippen LogP contribution in [0.25, 0.3) is 43.1 Å². The maximum atomic E-state index is 12.6. The van der Waals surface area contributed by atoms with Crippen LogP contribution in [0.2, 0.25) is 0 Å². The lowest BCUT2D eigenvalue weighted by Gasteiger charge is -2.12. The van der Waals surface area contributed by atoms with Gasteiger partial charge in [-0.1, -0.05) is 90.0 Å². The number of benzene rings is 10. The van der Waals surface area contributed by atoms with Gasteiger partial charge in [-0.3, -0.25) is 23.4 Å². The number of hydrogen-bond donors (Lipinski definition) is 12. The van der Waals surface area contributed by atoms with E-state index in [4.69, 9.17) is 9.99 Å². The number of phenols is 4. The van der Waals surface area contributed by atoms with E-state index in [9.17, 15) is 64.1 Å². The van der Waals surface area contributed by atoms with Crippen LogP contribution in [0, 0.1) is 0 Å². The van der Waals surface area contributed by atoms with Crippen molar-refractivity contribution in [3.05, 3.63) is 175 Å². The highest BCUT2D eigenvalue weighted by Gasteiger charge is 2.25. The number of nitrogens with one attached hydrogen (secondary N) is 4. The van der Waals surface area contributed by atoms with Crippen LogP contribution in [0.4, 0.5) is 57.9 Å². The number of carbonyl (C=O) groups excluding carboxylic acids is 1. The third-order valence-electron chi connectivity index (χ3n) is 13.5. The molecule has 12 aromatic rings. The number of H-pyrrole nitrogens is 2. The lowest BCUT2D eigenvalue weighted by Crippen LogP contribution is -2.11. The van der Waals surface area contributed by atoms with E-state index < -0.39 is 73.9 Å². The van der Waals surface area contributed by atoms with Gasteiger partial charge in [-0.2, -0.15) is 30.2 Å². The SMILES string of the molecule is O=C(Nc1ccc2c(O)c(N=Nc3nnc(N=Nc4c(SOOO)cc5cc(NCOc6ccccc6)ccc5c4O)[nH]3)c(S(=O)(=O)O)cc2c1)c1ccccc1.O=S(=O)(O)c1cc(N=Nc2n[nH]c(N=Nc3cc(S(=O)(=O)O)c4ccccc4c3O)n2)c(O)c2ccccc12. The predicted octanol–water partition coefficient (Wildman–Crippen LogP) is 13.6. The molecule has 0 aliphatic heterocycles. The van der Waals surface area contributed by atoms with Crippen molar-refractivity contribution in [2.75, 3.05) is 17.4 Å². The molecule has 0 radical (unpaired) electrons. The number of aromatic hydroxyl groups is 4. The molecule has 12 rings (SSSR count). The largest absolute Gasteiger partial charge is 0.505 e. The Labute approximate surface area is 542 Å². The number of ether oxygens (including phenoxy) is 1. The minimum absolute atomic E-state index is 0.0751. The van der Waals surface area contributed by atoms with Crippen LogP contribution in [0.3, 0.4) is 0 Å². The Balaban J connectivity index is 0.000000209. The number of azo groups is 4. The summed E-state index contributed by atoms with van der Waals surface area (Å²) in [6, 6.07) is 43.4. The second kappa shape index (κ2) is 27.8. The molecule has 0 spiro atoms. The van der Waals surface area contributed by atoms with Crippen molar-refractivity contribution < 1.29 is 83.5 Å². The summed E-state index contributed by atoms with van der Waals surface area (Å²) in [6.07, 6.45) is 0. The number of aromatic nitrogens is 6. The van der Waals surface area contributed by atoms with E-state index >= 15 is 0 Å². The number of anilines is 2. The smallest absolute Gasteiger partial charge is 0.296 e. The molecule has 2 aromatic heterocycles. The van der Waals surface area contributed by atoms with Crippen LogP contribution < -0.4 is 15.4 Å². The van der Waals surface area contributed by atoms with Crippen LogP contribution in [0.1, 0.15) is 10.4 Å². The van der Waals surface area contributed by atoms with E-state index in [1.54, 1.807) is 66.7 Å². The number of rotatable bonds is 20.